The Labute approximate surface area is 81.0 Å². The summed E-state index contributed by atoms with van der Waals surface area (Å²) < 4.78 is 4.97. The average Bonchev–Trinajstić information content (AvgIpc) is 1.95. The molecule has 0 rings (SSSR count). The fourth-order valence-corrected chi connectivity index (χ4v) is 0.699. The standard InChI is InChI=1S/C11H20O2/c1-9(2)10(12)13-8-6-7-11(3,4)5/h6-7,9H,8H2,1-5H3. The molecule has 0 aromatic rings. The highest BCUT2D eigenvalue weighted by atomic mass is 16.5. The molecule has 0 unspecified atom stereocenters. The van der Waals surface area contributed by atoms with E-state index in [1.165, 1.54) is 0 Å². The van der Waals surface area contributed by atoms with Crippen molar-refractivity contribution in [1.82, 2.24) is 0 Å². The van der Waals surface area contributed by atoms with Crippen molar-refractivity contribution in [2.24, 2.45) is 11.3 Å². The first-order valence-electron chi connectivity index (χ1n) is 4.67. The number of esters is 1. The number of hydrogen-bond acceptors (Lipinski definition) is 2. The molecule has 0 saturated carbocycles. The van der Waals surface area contributed by atoms with E-state index in [0.717, 1.165) is 0 Å². The third-order valence-electron chi connectivity index (χ3n) is 1.41. The third-order valence-corrected chi connectivity index (χ3v) is 1.41. The Morgan fingerprint density at radius 3 is 2.31 bits per heavy atom. The van der Waals surface area contributed by atoms with Gasteiger partial charge in [-0.3, -0.25) is 4.79 Å². The zero-order chi connectivity index (χ0) is 10.5. The van der Waals surface area contributed by atoms with Crippen molar-refractivity contribution in [3.8, 4) is 0 Å². The Hall–Kier alpha value is -0.790. The molecule has 0 radical (unpaired) electrons. The molecule has 2 nitrogen and oxygen atoms in total. The zero-order valence-corrected chi connectivity index (χ0v) is 9.26. The maximum absolute atomic E-state index is 11.0. The SMILES string of the molecule is CC(C)C(=O)OCC=CC(C)(C)C. The Morgan fingerprint density at radius 1 is 1.38 bits per heavy atom. The van der Waals surface area contributed by atoms with Crippen LogP contribution in [-0.2, 0) is 9.53 Å². The van der Waals surface area contributed by atoms with E-state index in [-0.39, 0.29) is 17.3 Å². The normalized spacial score (nSPS) is 12.5. The van der Waals surface area contributed by atoms with Gasteiger partial charge in [0.2, 0.25) is 0 Å². The second-order valence-electron chi connectivity index (χ2n) is 4.55. The highest BCUT2D eigenvalue weighted by Gasteiger charge is 2.07. The van der Waals surface area contributed by atoms with Gasteiger partial charge in [-0.2, -0.15) is 0 Å². The zero-order valence-electron chi connectivity index (χ0n) is 9.26. The first-order valence-corrected chi connectivity index (χ1v) is 4.67. The Kier molecular flexibility index (Phi) is 4.74. The van der Waals surface area contributed by atoms with Gasteiger partial charge in [-0.25, -0.2) is 0 Å². The van der Waals surface area contributed by atoms with Gasteiger partial charge in [0.15, 0.2) is 0 Å². The summed E-state index contributed by atoms with van der Waals surface area (Å²) in [4.78, 5) is 11.0. The first kappa shape index (κ1) is 12.2. The molecular weight excluding hydrogens is 164 g/mol. The van der Waals surface area contributed by atoms with E-state index in [9.17, 15) is 4.79 Å². The maximum atomic E-state index is 11.0. The summed E-state index contributed by atoms with van der Waals surface area (Å²) >= 11 is 0. The minimum absolute atomic E-state index is 0.0389. The highest BCUT2D eigenvalue weighted by Crippen LogP contribution is 2.14. The molecule has 0 aromatic heterocycles. The molecule has 0 aliphatic heterocycles. The Morgan fingerprint density at radius 2 is 1.92 bits per heavy atom. The summed E-state index contributed by atoms with van der Waals surface area (Å²) in [5.41, 5.74) is 0.157. The molecule has 0 atom stereocenters. The largest absolute Gasteiger partial charge is 0.461 e. The number of allylic oxidation sites excluding steroid dienone is 1. The van der Waals surface area contributed by atoms with Gasteiger partial charge in [0.05, 0.1) is 5.92 Å². The molecule has 13 heavy (non-hydrogen) atoms. The number of carbonyl (C=O) groups is 1. The van der Waals surface area contributed by atoms with Gasteiger partial charge in [-0.1, -0.05) is 46.8 Å². The monoisotopic (exact) mass is 184 g/mol. The molecule has 2 heteroatoms. The van der Waals surface area contributed by atoms with Crippen LogP contribution in [0.1, 0.15) is 34.6 Å². The van der Waals surface area contributed by atoms with E-state index in [1.54, 1.807) is 0 Å². The molecule has 0 aromatic carbocycles. The average molecular weight is 184 g/mol. The van der Waals surface area contributed by atoms with Crippen molar-refractivity contribution in [2.45, 2.75) is 34.6 Å². The summed E-state index contributed by atoms with van der Waals surface area (Å²) in [5.74, 6) is -0.179. The second kappa shape index (κ2) is 5.05. The molecule has 0 N–H and O–H groups in total. The molecule has 0 saturated heterocycles. The molecule has 76 valence electrons. The van der Waals surface area contributed by atoms with Crippen LogP contribution >= 0.6 is 0 Å². The molecule has 0 aliphatic rings. The van der Waals surface area contributed by atoms with E-state index in [1.807, 2.05) is 26.0 Å². The van der Waals surface area contributed by atoms with Crippen molar-refractivity contribution >= 4 is 5.97 Å². The lowest BCUT2D eigenvalue weighted by atomic mass is 9.96. The van der Waals surface area contributed by atoms with E-state index in [2.05, 4.69) is 20.8 Å². The van der Waals surface area contributed by atoms with Crippen molar-refractivity contribution in [1.29, 1.82) is 0 Å². The van der Waals surface area contributed by atoms with Gasteiger partial charge in [0.1, 0.15) is 6.61 Å². The summed E-state index contributed by atoms with van der Waals surface area (Å²) in [7, 11) is 0. The molecular formula is C11H20O2. The topological polar surface area (TPSA) is 26.3 Å². The van der Waals surface area contributed by atoms with Crippen LogP contribution in [0.2, 0.25) is 0 Å². The van der Waals surface area contributed by atoms with Gasteiger partial charge < -0.3 is 4.74 Å². The summed E-state index contributed by atoms with van der Waals surface area (Å²) in [6, 6.07) is 0. The van der Waals surface area contributed by atoms with Crippen LogP contribution in [0.15, 0.2) is 12.2 Å². The molecule has 0 aliphatic carbocycles. The predicted molar refractivity (Wildman–Crippen MR) is 54.4 cm³/mol. The van der Waals surface area contributed by atoms with Gasteiger partial charge in [0, 0.05) is 0 Å². The summed E-state index contributed by atoms with van der Waals surface area (Å²) in [6.45, 7) is 10.4. The van der Waals surface area contributed by atoms with E-state index in [4.69, 9.17) is 4.74 Å². The number of ether oxygens (including phenoxy) is 1. The van der Waals surface area contributed by atoms with Crippen LogP contribution in [0, 0.1) is 11.3 Å². The van der Waals surface area contributed by atoms with Gasteiger partial charge in [-0.15, -0.1) is 0 Å². The van der Waals surface area contributed by atoms with Crippen LogP contribution in [0.4, 0.5) is 0 Å². The minimum Gasteiger partial charge on any atom is -0.461 e. The molecule has 0 amide bonds. The lowest BCUT2D eigenvalue weighted by Crippen LogP contribution is -2.11. The van der Waals surface area contributed by atoms with Crippen molar-refractivity contribution in [3.63, 3.8) is 0 Å². The summed E-state index contributed by atoms with van der Waals surface area (Å²) in [5, 5.41) is 0. The van der Waals surface area contributed by atoms with Crippen LogP contribution < -0.4 is 0 Å². The molecule has 0 spiro atoms. The molecule has 0 fully saturated rings. The highest BCUT2D eigenvalue weighted by molar-refractivity contribution is 5.71. The maximum Gasteiger partial charge on any atom is 0.308 e. The lowest BCUT2D eigenvalue weighted by Gasteiger charge is -2.11. The predicted octanol–water partition coefficient (Wildman–Crippen LogP) is 2.79. The van der Waals surface area contributed by atoms with E-state index in [0.29, 0.717) is 6.61 Å². The smallest absolute Gasteiger partial charge is 0.308 e. The van der Waals surface area contributed by atoms with Crippen LogP contribution in [-0.4, -0.2) is 12.6 Å². The van der Waals surface area contributed by atoms with Crippen molar-refractivity contribution in [3.05, 3.63) is 12.2 Å². The summed E-state index contributed by atoms with van der Waals surface area (Å²) in [6.07, 6.45) is 3.93. The van der Waals surface area contributed by atoms with Crippen molar-refractivity contribution in [2.75, 3.05) is 6.61 Å². The van der Waals surface area contributed by atoms with Crippen LogP contribution in [0.3, 0.4) is 0 Å². The second-order valence-corrected chi connectivity index (χ2v) is 4.55. The third kappa shape index (κ3) is 7.57. The van der Waals surface area contributed by atoms with E-state index >= 15 is 0 Å². The first-order chi connectivity index (χ1) is 5.83. The fraction of sp³-hybridized carbons (Fsp3) is 0.727. The number of hydrogen-bond donors (Lipinski definition) is 0. The Balaban J connectivity index is 3.69. The van der Waals surface area contributed by atoms with Gasteiger partial charge >= 0.3 is 5.97 Å². The molecule has 0 bridgehead atoms. The minimum atomic E-state index is -0.140. The van der Waals surface area contributed by atoms with Gasteiger partial charge in [0.25, 0.3) is 0 Å². The van der Waals surface area contributed by atoms with E-state index < -0.39 is 0 Å². The number of rotatable bonds is 3. The van der Waals surface area contributed by atoms with Crippen LogP contribution in [0.25, 0.3) is 0 Å². The lowest BCUT2D eigenvalue weighted by molar-refractivity contribution is -0.146. The quantitative estimate of drug-likeness (QED) is 0.498. The molecule has 0 heterocycles. The van der Waals surface area contributed by atoms with Crippen LogP contribution in [0.5, 0.6) is 0 Å². The fourth-order valence-electron chi connectivity index (χ4n) is 0.699. The number of carbonyl (C=O) groups excluding carboxylic acids is 1. The Bertz CT molecular complexity index is 185. The van der Waals surface area contributed by atoms with Crippen molar-refractivity contribution < 1.29 is 9.53 Å². The van der Waals surface area contributed by atoms with Gasteiger partial charge in [-0.05, 0) is 5.41 Å².